The Labute approximate surface area is 146 Å². The number of hydrogen-bond acceptors (Lipinski definition) is 5. The number of hydrogen-bond donors (Lipinski definition) is 0. The van der Waals surface area contributed by atoms with E-state index in [-0.39, 0.29) is 11.9 Å². The molecule has 0 spiro atoms. The fourth-order valence-corrected chi connectivity index (χ4v) is 3.07. The van der Waals surface area contributed by atoms with Crippen LogP contribution in [0.4, 0.5) is 4.39 Å². The summed E-state index contributed by atoms with van der Waals surface area (Å²) in [7, 11) is 1.34. The van der Waals surface area contributed by atoms with Crippen LogP contribution in [-0.2, 0) is 20.8 Å². The van der Waals surface area contributed by atoms with Crippen LogP contribution in [0, 0.1) is 5.82 Å². The van der Waals surface area contributed by atoms with E-state index < -0.39 is 12.1 Å². The first-order chi connectivity index (χ1) is 12.1. The van der Waals surface area contributed by atoms with Gasteiger partial charge >= 0.3 is 5.97 Å². The Morgan fingerprint density at radius 1 is 1.28 bits per heavy atom. The SMILES string of the molecule is COC(=O)C1CN(Cc2ccc(-c3ccncc3)cc2F)C[C@@H](C)O1. The first kappa shape index (κ1) is 17.5. The molecule has 0 radical (unpaired) electrons. The van der Waals surface area contributed by atoms with Gasteiger partial charge in [-0.25, -0.2) is 9.18 Å². The second kappa shape index (κ2) is 7.72. The average Bonchev–Trinajstić information content (AvgIpc) is 2.63. The van der Waals surface area contributed by atoms with E-state index in [9.17, 15) is 9.18 Å². The van der Waals surface area contributed by atoms with Gasteiger partial charge in [-0.1, -0.05) is 12.1 Å². The van der Waals surface area contributed by atoms with Crippen LogP contribution in [0.25, 0.3) is 11.1 Å². The standard InChI is InChI=1S/C19H21FN2O3/c1-13-10-22(12-18(25-13)19(23)24-2)11-16-4-3-15(9-17(16)20)14-5-7-21-8-6-14/h3-9,13,18H,10-12H2,1-2H3/t13-,18?/m1/s1. The molecular formula is C19H21FN2O3. The number of benzene rings is 1. The zero-order valence-electron chi connectivity index (χ0n) is 14.3. The third-order valence-electron chi connectivity index (χ3n) is 4.26. The molecule has 2 heterocycles. The van der Waals surface area contributed by atoms with Gasteiger partial charge in [0.2, 0.25) is 0 Å². The second-order valence-corrected chi connectivity index (χ2v) is 6.19. The first-order valence-electron chi connectivity index (χ1n) is 8.21. The van der Waals surface area contributed by atoms with Crippen LogP contribution in [0.1, 0.15) is 12.5 Å². The van der Waals surface area contributed by atoms with Gasteiger partial charge in [0.25, 0.3) is 0 Å². The predicted octanol–water partition coefficient (Wildman–Crippen LogP) is 2.65. The Hall–Kier alpha value is -2.31. The van der Waals surface area contributed by atoms with E-state index in [4.69, 9.17) is 9.47 Å². The second-order valence-electron chi connectivity index (χ2n) is 6.19. The number of carbonyl (C=O) groups excluding carboxylic acids is 1. The summed E-state index contributed by atoms with van der Waals surface area (Å²) in [4.78, 5) is 17.7. The van der Waals surface area contributed by atoms with Crippen molar-refractivity contribution in [3.63, 3.8) is 0 Å². The summed E-state index contributed by atoms with van der Waals surface area (Å²) in [5, 5.41) is 0. The van der Waals surface area contributed by atoms with Crippen molar-refractivity contribution in [3.8, 4) is 11.1 Å². The van der Waals surface area contributed by atoms with Crippen LogP contribution in [0.15, 0.2) is 42.7 Å². The van der Waals surface area contributed by atoms with Crippen LogP contribution in [-0.4, -0.2) is 48.3 Å². The Balaban J connectivity index is 1.73. The number of pyridine rings is 1. The highest BCUT2D eigenvalue weighted by atomic mass is 19.1. The number of morpholine rings is 1. The zero-order chi connectivity index (χ0) is 17.8. The minimum Gasteiger partial charge on any atom is -0.467 e. The lowest BCUT2D eigenvalue weighted by atomic mass is 10.0. The number of carbonyl (C=O) groups is 1. The largest absolute Gasteiger partial charge is 0.467 e. The summed E-state index contributed by atoms with van der Waals surface area (Å²) in [6, 6.07) is 8.91. The van der Waals surface area contributed by atoms with Crippen LogP contribution in [0.2, 0.25) is 0 Å². The first-order valence-corrected chi connectivity index (χ1v) is 8.21. The van der Waals surface area contributed by atoms with Gasteiger partial charge in [0.05, 0.1) is 13.2 Å². The van der Waals surface area contributed by atoms with Crippen molar-refractivity contribution in [3.05, 3.63) is 54.1 Å². The van der Waals surface area contributed by atoms with Crippen molar-refractivity contribution in [1.82, 2.24) is 9.88 Å². The summed E-state index contributed by atoms with van der Waals surface area (Å²) in [6.07, 6.45) is 2.62. The highest BCUT2D eigenvalue weighted by Gasteiger charge is 2.31. The molecule has 0 saturated carbocycles. The Kier molecular flexibility index (Phi) is 5.40. The molecule has 1 aromatic carbocycles. The molecule has 0 aliphatic carbocycles. The van der Waals surface area contributed by atoms with Gasteiger partial charge in [0.15, 0.2) is 6.10 Å². The molecule has 2 aromatic rings. The lowest BCUT2D eigenvalue weighted by Crippen LogP contribution is -2.49. The number of esters is 1. The molecule has 1 saturated heterocycles. The van der Waals surface area contributed by atoms with E-state index >= 15 is 0 Å². The van der Waals surface area contributed by atoms with Crippen molar-refractivity contribution >= 4 is 5.97 Å². The Morgan fingerprint density at radius 2 is 2.04 bits per heavy atom. The monoisotopic (exact) mass is 344 g/mol. The number of halogens is 1. The van der Waals surface area contributed by atoms with Gasteiger partial charge in [-0.05, 0) is 36.2 Å². The fourth-order valence-electron chi connectivity index (χ4n) is 3.07. The molecule has 3 rings (SSSR count). The van der Waals surface area contributed by atoms with E-state index in [1.807, 2.05) is 30.0 Å². The molecule has 25 heavy (non-hydrogen) atoms. The van der Waals surface area contributed by atoms with E-state index in [1.54, 1.807) is 18.5 Å². The molecular weight excluding hydrogens is 323 g/mol. The normalized spacial score (nSPS) is 21.1. The number of ether oxygens (including phenoxy) is 2. The predicted molar refractivity (Wildman–Crippen MR) is 91.3 cm³/mol. The fraction of sp³-hybridized carbons (Fsp3) is 0.368. The smallest absolute Gasteiger partial charge is 0.336 e. The third kappa shape index (κ3) is 4.21. The van der Waals surface area contributed by atoms with E-state index in [0.29, 0.717) is 25.2 Å². The van der Waals surface area contributed by atoms with Crippen molar-refractivity contribution < 1.29 is 18.7 Å². The lowest BCUT2D eigenvalue weighted by molar-refractivity contribution is -0.166. The Bertz CT molecular complexity index is 739. The molecule has 1 aromatic heterocycles. The van der Waals surface area contributed by atoms with Crippen LogP contribution >= 0.6 is 0 Å². The van der Waals surface area contributed by atoms with E-state index in [1.165, 1.54) is 13.2 Å². The maximum atomic E-state index is 14.5. The third-order valence-corrected chi connectivity index (χ3v) is 4.26. The summed E-state index contributed by atoms with van der Waals surface area (Å²) < 4.78 is 24.9. The van der Waals surface area contributed by atoms with Crippen molar-refractivity contribution in [2.45, 2.75) is 25.7 Å². The maximum Gasteiger partial charge on any atom is 0.336 e. The van der Waals surface area contributed by atoms with E-state index in [0.717, 1.165) is 11.1 Å². The Morgan fingerprint density at radius 3 is 2.72 bits per heavy atom. The maximum absolute atomic E-state index is 14.5. The highest BCUT2D eigenvalue weighted by Crippen LogP contribution is 2.23. The number of aromatic nitrogens is 1. The average molecular weight is 344 g/mol. The molecule has 6 heteroatoms. The van der Waals surface area contributed by atoms with Gasteiger partial charge in [-0.2, -0.15) is 0 Å². The van der Waals surface area contributed by atoms with Crippen molar-refractivity contribution in [1.29, 1.82) is 0 Å². The molecule has 1 fully saturated rings. The molecule has 1 aliphatic rings. The molecule has 1 aliphatic heterocycles. The molecule has 5 nitrogen and oxygen atoms in total. The lowest BCUT2D eigenvalue weighted by Gasteiger charge is -2.35. The number of nitrogens with zero attached hydrogens (tertiary/aromatic N) is 2. The van der Waals surface area contributed by atoms with Gasteiger partial charge < -0.3 is 9.47 Å². The molecule has 1 unspecified atom stereocenters. The topological polar surface area (TPSA) is 51.7 Å². The van der Waals surface area contributed by atoms with Crippen LogP contribution in [0.3, 0.4) is 0 Å². The minimum atomic E-state index is -0.632. The number of methoxy groups -OCH3 is 1. The van der Waals surface area contributed by atoms with E-state index in [2.05, 4.69) is 4.98 Å². The molecule has 0 N–H and O–H groups in total. The molecule has 0 amide bonds. The zero-order valence-corrected chi connectivity index (χ0v) is 14.3. The minimum absolute atomic E-state index is 0.114. The molecule has 2 atom stereocenters. The highest BCUT2D eigenvalue weighted by molar-refractivity contribution is 5.75. The number of rotatable bonds is 4. The van der Waals surface area contributed by atoms with Gasteiger partial charge in [0.1, 0.15) is 5.82 Å². The summed E-state index contributed by atoms with van der Waals surface area (Å²) in [5.74, 6) is -0.659. The summed E-state index contributed by atoms with van der Waals surface area (Å²) in [6.45, 7) is 3.34. The van der Waals surface area contributed by atoms with Gasteiger partial charge in [-0.15, -0.1) is 0 Å². The van der Waals surface area contributed by atoms with Crippen LogP contribution < -0.4 is 0 Å². The molecule has 132 valence electrons. The van der Waals surface area contributed by atoms with Crippen molar-refractivity contribution in [2.24, 2.45) is 0 Å². The van der Waals surface area contributed by atoms with Crippen molar-refractivity contribution in [2.75, 3.05) is 20.2 Å². The summed E-state index contributed by atoms with van der Waals surface area (Å²) in [5.41, 5.74) is 2.33. The molecule has 0 bridgehead atoms. The van der Waals surface area contributed by atoms with Crippen LogP contribution in [0.5, 0.6) is 0 Å². The van der Waals surface area contributed by atoms with Gasteiger partial charge in [0, 0.05) is 37.6 Å². The van der Waals surface area contributed by atoms with Gasteiger partial charge in [-0.3, -0.25) is 9.88 Å². The quantitative estimate of drug-likeness (QED) is 0.798. The summed E-state index contributed by atoms with van der Waals surface area (Å²) >= 11 is 0.